The molecule has 0 aliphatic carbocycles. The average Bonchev–Trinajstić information content (AvgIpc) is 2.10. The molecule has 3 nitrogen and oxygen atoms in total. The Morgan fingerprint density at radius 1 is 1.43 bits per heavy atom. The summed E-state index contributed by atoms with van der Waals surface area (Å²) in [5.41, 5.74) is 5.21. The van der Waals surface area contributed by atoms with Crippen LogP contribution in [0.4, 0.5) is 8.78 Å². The second-order valence-electron chi connectivity index (χ2n) is 2.88. The van der Waals surface area contributed by atoms with Crippen LogP contribution in [0.2, 0.25) is 0 Å². The Balaban J connectivity index is 2.84. The van der Waals surface area contributed by atoms with Gasteiger partial charge in [0.2, 0.25) is 5.91 Å². The van der Waals surface area contributed by atoms with Gasteiger partial charge in [-0.15, -0.1) is 0 Å². The molecule has 0 aliphatic rings. The molecule has 3 N–H and O–H groups in total. The molecule has 5 heteroatoms. The Morgan fingerprint density at radius 2 is 2.07 bits per heavy atom. The second-order valence-corrected chi connectivity index (χ2v) is 2.88. The van der Waals surface area contributed by atoms with E-state index in [1.54, 1.807) is 0 Å². The summed E-state index contributed by atoms with van der Waals surface area (Å²) in [6.45, 7) is 0. The minimum absolute atomic E-state index is 0.0323. The lowest BCUT2D eigenvalue weighted by Crippen LogP contribution is -2.11. The van der Waals surface area contributed by atoms with Crippen molar-refractivity contribution in [2.24, 2.45) is 5.73 Å². The molecule has 0 saturated heterocycles. The first-order valence-corrected chi connectivity index (χ1v) is 3.96. The number of carbonyl (C=O) groups is 1. The molecule has 0 aliphatic heterocycles. The maximum atomic E-state index is 12.7. The summed E-state index contributed by atoms with van der Waals surface area (Å²) in [5.74, 6) is -3.71. The Kier molecular flexibility index (Phi) is 3.01. The zero-order valence-corrected chi connectivity index (χ0v) is 7.26. The standard InChI is InChI=1S/C9H9F2NO2/c10-6-3-5(1-2-8(12)14)4-7(13)9(6)11/h3-4,13H,1-2H2,(H2,12,14). The Labute approximate surface area is 79.2 Å². The predicted octanol–water partition coefficient (Wildman–Crippen LogP) is 1.09. The van der Waals surface area contributed by atoms with E-state index in [0.717, 1.165) is 12.1 Å². The van der Waals surface area contributed by atoms with Crippen molar-refractivity contribution in [3.05, 3.63) is 29.3 Å². The third-order valence-corrected chi connectivity index (χ3v) is 1.73. The first-order chi connectivity index (χ1) is 6.50. The molecule has 0 atom stereocenters. The molecule has 0 radical (unpaired) electrons. The molecular weight excluding hydrogens is 192 g/mol. The highest BCUT2D eigenvalue weighted by Gasteiger charge is 2.09. The van der Waals surface area contributed by atoms with E-state index in [0.29, 0.717) is 5.56 Å². The molecule has 0 saturated carbocycles. The summed E-state index contributed by atoms with van der Waals surface area (Å²) in [4.78, 5) is 10.4. The van der Waals surface area contributed by atoms with Gasteiger partial charge in [0.1, 0.15) is 0 Å². The van der Waals surface area contributed by atoms with Crippen molar-refractivity contribution in [1.29, 1.82) is 0 Å². The number of aromatic hydroxyl groups is 1. The van der Waals surface area contributed by atoms with E-state index < -0.39 is 23.3 Å². The predicted molar refractivity (Wildman–Crippen MR) is 45.5 cm³/mol. The maximum absolute atomic E-state index is 12.7. The van der Waals surface area contributed by atoms with Crippen LogP contribution in [0, 0.1) is 11.6 Å². The van der Waals surface area contributed by atoms with Crippen LogP contribution >= 0.6 is 0 Å². The Morgan fingerprint density at radius 3 is 2.57 bits per heavy atom. The normalized spacial score (nSPS) is 10.1. The van der Waals surface area contributed by atoms with Crippen molar-refractivity contribution in [3.8, 4) is 5.75 Å². The molecule has 0 aromatic heterocycles. The monoisotopic (exact) mass is 201 g/mol. The van der Waals surface area contributed by atoms with Gasteiger partial charge in [0.15, 0.2) is 17.4 Å². The third kappa shape index (κ3) is 2.42. The van der Waals surface area contributed by atoms with E-state index >= 15 is 0 Å². The van der Waals surface area contributed by atoms with Gasteiger partial charge in [-0.05, 0) is 24.1 Å². The molecule has 76 valence electrons. The summed E-state index contributed by atoms with van der Waals surface area (Å²) in [6, 6.07) is 2.00. The smallest absolute Gasteiger partial charge is 0.217 e. The zero-order chi connectivity index (χ0) is 10.7. The highest BCUT2D eigenvalue weighted by atomic mass is 19.2. The fourth-order valence-corrected chi connectivity index (χ4v) is 1.04. The van der Waals surface area contributed by atoms with Crippen LogP contribution in [0.15, 0.2) is 12.1 Å². The van der Waals surface area contributed by atoms with Gasteiger partial charge in [0.05, 0.1) is 0 Å². The SMILES string of the molecule is NC(=O)CCc1cc(O)c(F)c(F)c1. The minimum Gasteiger partial charge on any atom is -0.505 e. The van der Waals surface area contributed by atoms with E-state index in [4.69, 9.17) is 10.8 Å². The van der Waals surface area contributed by atoms with Gasteiger partial charge in [-0.25, -0.2) is 4.39 Å². The number of carbonyl (C=O) groups excluding carboxylic acids is 1. The van der Waals surface area contributed by atoms with E-state index in [-0.39, 0.29) is 12.8 Å². The number of phenolic OH excluding ortho intramolecular Hbond substituents is 1. The third-order valence-electron chi connectivity index (χ3n) is 1.73. The first-order valence-electron chi connectivity index (χ1n) is 3.96. The summed E-state index contributed by atoms with van der Waals surface area (Å²) < 4.78 is 25.3. The van der Waals surface area contributed by atoms with Gasteiger partial charge in [0, 0.05) is 6.42 Å². The van der Waals surface area contributed by atoms with E-state index in [2.05, 4.69) is 0 Å². The Hall–Kier alpha value is -1.65. The maximum Gasteiger partial charge on any atom is 0.217 e. The number of benzene rings is 1. The lowest BCUT2D eigenvalue weighted by atomic mass is 10.1. The molecule has 1 aromatic rings. The van der Waals surface area contributed by atoms with Crippen molar-refractivity contribution in [2.45, 2.75) is 12.8 Å². The van der Waals surface area contributed by atoms with Gasteiger partial charge in [-0.2, -0.15) is 4.39 Å². The Bertz CT molecular complexity index is 343. The molecule has 0 spiro atoms. The van der Waals surface area contributed by atoms with Gasteiger partial charge in [0.25, 0.3) is 0 Å². The van der Waals surface area contributed by atoms with Crippen molar-refractivity contribution in [1.82, 2.24) is 0 Å². The summed E-state index contributed by atoms with van der Waals surface area (Å²) in [6.07, 6.45) is 0.213. The first kappa shape index (κ1) is 10.4. The van der Waals surface area contributed by atoms with Crippen LogP contribution in [-0.2, 0) is 11.2 Å². The molecule has 1 aromatic carbocycles. The molecule has 1 amide bonds. The zero-order valence-electron chi connectivity index (χ0n) is 7.26. The summed E-state index contributed by atoms with van der Waals surface area (Å²) in [7, 11) is 0. The molecular formula is C9H9F2NO2. The second kappa shape index (κ2) is 4.04. The fourth-order valence-electron chi connectivity index (χ4n) is 1.04. The van der Waals surface area contributed by atoms with Crippen LogP contribution in [0.1, 0.15) is 12.0 Å². The van der Waals surface area contributed by atoms with Gasteiger partial charge >= 0.3 is 0 Å². The number of phenols is 1. The molecule has 0 unspecified atom stereocenters. The average molecular weight is 201 g/mol. The van der Waals surface area contributed by atoms with Crippen LogP contribution < -0.4 is 5.73 Å². The number of primary amides is 1. The number of hydrogen-bond acceptors (Lipinski definition) is 2. The lowest BCUT2D eigenvalue weighted by molar-refractivity contribution is -0.117. The van der Waals surface area contributed by atoms with Crippen LogP contribution in [0.3, 0.4) is 0 Å². The van der Waals surface area contributed by atoms with E-state index in [9.17, 15) is 13.6 Å². The molecule has 0 fully saturated rings. The summed E-state index contributed by atoms with van der Waals surface area (Å²) >= 11 is 0. The number of hydrogen-bond donors (Lipinski definition) is 2. The van der Waals surface area contributed by atoms with Crippen molar-refractivity contribution in [3.63, 3.8) is 0 Å². The van der Waals surface area contributed by atoms with Crippen molar-refractivity contribution >= 4 is 5.91 Å². The highest BCUT2D eigenvalue weighted by molar-refractivity contribution is 5.74. The highest BCUT2D eigenvalue weighted by Crippen LogP contribution is 2.21. The lowest BCUT2D eigenvalue weighted by Gasteiger charge is -2.02. The van der Waals surface area contributed by atoms with E-state index in [1.165, 1.54) is 0 Å². The number of rotatable bonds is 3. The topological polar surface area (TPSA) is 63.3 Å². The van der Waals surface area contributed by atoms with Gasteiger partial charge in [-0.3, -0.25) is 4.79 Å². The number of amides is 1. The number of aryl methyl sites for hydroxylation is 1. The largest absolute Gasteiger partial charge is 0.505 e. The van der Waals surface area contributed by atoms with Gasteiger partial charge in [-0.1, -0.05) is 0 Å². The van der Waals surface area contributed by atoms with Crippen molar-refractivity contribution in [2.75, 3.05) is 0 Å². The number of nitrogens with two attached hydrogens (primary N) is 1. The molecule has 0 heterocycles. The molecule has 0 bridgehead atoms. The van der Waals surface area contributed by atoms with Crippen LogP contribution in [0.5, 0.6) is 5.75 Å². The molecule has 14 heavy (non-hydrogen) atoms. The van der Waals surface area contributed by atoms with Crippen LogP contribution in [0.25, 0.3) is 0 Å². The van der Waals surface area contributed by atoms with Crippen LogP contribution in [-0.4, -0.2) is 11.0 Å². The minimum atomic E-state index is -1.28. The molecule has 1 rings (SSSR count). The van der Waals surface area contributed by atoms with E-state index in [1.807, 2.05) is 0 Å². The number of halogens is 2. The summed E-state index contributed by atoms with van der Waals surface area (Å²) in [5, 5.41) is 8.91. The van der Waals surface area contributed by atoms with Gasteiger partial charge < -0.3 is 10.8 Å². The quantitative estimate of drug-likeness (QED) is 0.768. The fraction of sp³-hybridized carbons (Fsp3) is 0.222. The van der Waals surface area contributed by atoms with Crippen molar-refractivity contribution < 1.29 is 18.7 Å².